The summed E-state index contributed by atoms with van der Waals surface area (Å²) in [5.74, 6) is -5.00. The first-order valence-electron chi connectivity index (χ1n) is 13.8. The van der Waals surface area contributed by atoms with Gasteiger partial charge in [-0.3, -0.25) is 19.6 Å². The average Bonchev–Trinajstić information content (AvgIpc) is 2.97. The molecule has 0 bridgehead atoms. The van der Waals surface area contributed by atoms with Crippen LogP contribution in [0.1, 0.15) is 55.3 Å². The molecule has 2 aromatic rings. The van der Waals surface area contributed by atoms with Crippen molar-refractivity contribution < 1.29 is 51.1 Å². The number of anilines is 2. The Hall–Kier alpha value is -4.47. The topological polar surface area (TPSA) is 149 Å². The highest BCUT2D eigenvalue weighted by Crippen LogP contribution is 2.28. The first-order valence-corrected chi connectivity index (χ1v) is 13.8. The lowest BCUT2D eigenvalue weighted by molar-refractivity contribution is -0.275. The first kappa shape index (κ1) is 34.0. The molecule has 2 aromatic carbocycles. The van der Waals surface area contributed by atoms with Crippen molar-refractivity contribution in [1.82, 2.24) is 15.7 Å². The number of piperidine rings is 1. The van der Waals surface area contributed by atoms with Crippen LogP contribution in [-0.2, 0) is 9.59 Å². The second kappa shape index (κ2) is 15.8. The Labute approximate surface area is 249 Å². The molecule has 1 atom stereocenters. The Morgan fingerprint density at radius 3 is 2.39 bits per heavy atom. The summed E-state index contributed by atoms with van der Waals surface area (Å²) in [6, 6.07) is 4.56. The molecule has 0 radical (unpaired) electrons. The molecule has 16 heteroatoms. The number of hydrogen-bond donors (Lipinski definition) is 5. The van der Waals surface area contributed by atoms with Gasteiger partial charge >= 0.3 is 12.4 Å². The summed E-state index contributed by atoms with van der Waals surface area (Å²) in [6.45, 7) is 0.960. The maximum absolute atomic E-state index is 14.8. The average molecular weight is 630 g/mol. The predicted octanol–water partition coefficient (Wildman–Crippen LogP) is 4.93. The van der Waals surface area contributed by atoms with Crippen LogP contribution in [0.25, 0.3) is 0 Å². The van der Waals surface area contributed by atoms with Crippen LogP contribution in [0.4, 0.5) is 38.1 Å². The van der Waals surface area contributed by atoms with E-state index in [4.69, 9.17) is 5.21 Å². The van der Waals surface area contributed by atoms with Crippen LogP contribution < -0.4 is 26.2 Å². The number of carbonyl (C=O) groups excluding carboxylic acids is 4. The van der Waals surface area contributed by atoms with Crippen molar-refractivity contribution in [2.75, 3.05) is 30.3 Å². The van der Waals surface area contributed by atoms with Crippen molar-refractivity contribution in [2.45, 2.75) is 51.3 Å². The SMILES string of the molecule is O=C(CCCCCCNC(=O)[C@H]1CCCN(C(=O)c2ccc(NC(=O)Nc3ccc(OC(F)(F)F)c(F)c3)c(F)c2)C1)NO. The summed E-state index contributed by atoms with van der Waals surface area (Å²) >= 11 is 0. The molecule has 5 N–H and O–H groups in total. The highest BCUT2D eigenvalue weighted by Gasteiger charge is 2.32. The number of alkyl halides is 3. The molecule has 1 heterocycles. The van der Waals surface area contributed by atoms with Gasteiger partial charge in [-0.25, -0.2) is 19.1 Å². The lowest BCUT2D eigenvalue weighted by Crippen LogP contribution is -2.45. The van der Waals surface area contributed by atoms with E-state index in [1.807, 2.05) is 0 Å². The normalized spacial score (nSPS) is 14.9. The third kappa shape index (κ3) is 10.7. The fourth-order valence-corrected chi connectivity index (χ4v) is 4.55. The van der Waals surface area contributed by atoms with E-state index in [9.17, 15) is 41.1 Å². The first-order chi connectivity index (χ1) is 20.9. The number of hydrogen-bond acceptors (Lipinski definition) is 6. The molecule has 11 nitrogen and oxygen atoms in total. The van der Waals surface area contributed by atoms with Gasteiger partial charge in [0.1, 0.15) is 5.82 Å². The Morgan fingerprint density at radius 2 is 1.70 bits per heavy atom. The molecule has 0 saturated carbocycles. The van der Waals surface area contributed by atoms with Crippen molar-refractivity contribution in [2.24, 2.45) is 5.92 Å². The van der Waals surface area contributed by atoms with Gasteiger partial charge in [-0.2, -0.15) is 0 Å². The summed E-state index contributed by atoms with van der Waals surface area (Å²) in [5, 5.41) is 15.7. The van der Waals surface area contributed by atoms with E-state index in [1.54, 1.807) is 5.48 Å². The van der Waals surface area contributed by atoms with Gasteiger partial charge in [-0.15, -0.1) is 13.2 Å². The zero-order valence-corrected chi connectivity index (χ0v) is 23.4. The summed E-state index contributed by atoms with van der Waals surface area (Å²) in [7, 11) is 0. The van der Waals surface area contributed by atoms with E-state index in [2.05, 4.69) is 20.7 Å². The number of nitrogens with one attached hydrogen (secondary N) is 4. The van der Waals surface area contributed by atoms with Crippen LogP contribution in [-0.4, -0.2) is 59.9 Å². The number of amides is 5. The summed E-state index contributed by atoms with van der Waals surface area (Å²) in [6.07, 6.45) is -0.841. The molecular weight excluding hydrogens is 597 g/mol. The minimum atomic E-state index is -5.10. The van der Waals surface area contributed by atoms with Crippen molar-refractivity contribution in [3.05, 3.63) is 53.6 Å². The molecule has 3 rings (SSSR count). The molecule has 1 saturated heterocycles. The van der Waals surface area contributed by atoms with E-state index in [-0.39, 0.29) is 35.8 Å². The minimum absolute atomic E-state index is 0.00767. The Kier molecular flexibility index (Phi) is 12.3. The smallest absolute Gasteiger partial charge is 0.403 e. The maximum Gasteiger partial charge on any atom is 0.573 e. The summed E-state index contributed by atoms with van der Waals surface area (Å²) in [5.41, 5.74) is 1.02. The van der Waals surface area contributed by atoms with Crippen LogP contribution in [0.2, 0.25) is 0 Å². The molecule has 1 aliphatic rings. The number of benzene rings is 2. The van der Waals surface area contributed by atoms with E-state index in [1.165, 1.54) is 11.0 Å². The predicted molar refractivity (Wildman–Crippen MR) is 147 cm³/mol. The number of halogens is 5. The molecule has 44 heavy (non-hydrogen) atoms. The number of urea groups is 1. The number of rotatable bonds is 12. The third-order valence-electron chi connectivity index (χ3n) is 6.71. The minimum Gasteiger partial charge on any atom is -0.403 e. The standard InChI is InChI=1S/C28H32F5N5O6/c29-20-14-17(8-10-22(20)36-27(42)35-19-9-11-23(21(30)15-19)44-28(31,32)33)26(41)38-13-5-6-18(16-38)25(40)34-12-4-2-1-3-7-24(39)37-43/h8-11,14-15,18,43H,1-7,12-13,16H2,(H,34,40)(H,37,39)(H2,35,36,42)/t18-/m0/s1. The molecule has 240 valence electrons. The van der Waals surface area contributed by atoms with Gasteiger partial charge in [0.05, 0.1) is 11.6 Å². The molecule has 0 aromatic heterocycles. The van der Waals surface area contributed by atoms with Gasteiger partial charge in [0, 0.05) is 43.4 Å². The summed E-state index contributed by atoms with van der Waals surface area (Å²) < 4.78 is 69.0. The van der Waals surface area contributed by atoms with Crippen LogP contribution in [0.15, 0.2) is 36.4 Å². The van der Waals surface area contributed by atoms with Crippen LogP contribution >= 0.6 is 0 Å². The Balaban J connectivity index is 1.48. The van der Waals surface area contributed by atoms with Crippen molar-refractivity contribution in [1.29, 1.82) is 0 Å². The Bertz CT molecular complexity index is 1340. The highest BCUT2D eigenvalue weighted by atomic mass is 19.4. The van der Waals surface area contributed by atoms with E-state index in [0.29, 0.717) is 50.9 Å². The number of carbonyl (C=O) groups is 4. The molecule has 1 aliphatic heterocycles. The van der Waals surface area contributed by atoms with Crippen molar-refractivity contribution >= 4 is 35.1 Å². The number of ether oxygens (including phenoxy) is 1. The van der Waals surface area contributed by atoms with E-state index < -0.39 is 47.5 Å². The number of nitrogens with zero attached hydrogens (tertiary/aromatic N) is 1. The summed E-state index contributed by atoms with van der Waals surface area (Å²) in [4.78, 5) is 50.4. The van der Waals surface area contributed by atoms with E-state index >= 15 is 0 Å². The molecule has 0 unspecified atom stereocenters. The zero-order valence-electron chi connectivity index (χ0n) is 23.4. The fraction of sp³-hybridized carbons (Fsp3) is 0.429. The fourth-order valence-electron chi connectivity index (χ4n) is 4.55. The van der Waals surface area contributed by atoms with Crippen molar-refractivity contribution in [3.63, 3.8) is 0 Å². The lowest BCUT2D eigenvalue weighted by atomic mass is 9.96. The third-order valence-corrected chi connectivity index (χ3v) is 6.71. The van der Waals surface area contributed by atoms with Gasteiger partial charge in [-0.1, -0.05) is 12.8 Å². The highest BCUT2D eigenvalue weighted by molar-refractivity contribution is 6.00. The van der Waals surface area contributed by atoms with Crippen LogP contribution in [0, 0.1) is 17.6 Å². The number of unbranched alkanes of at least 4 members (excludes halogenated alkanes) is 3. The van der Waals surface area contributed by atoms with Gasteiger partial charge in [0.25, 0.3) is 5.91 Å². The Morgan fingerprint density at radius 1 is 0.955 bits per heavy atom. The molecule has 5 amide bonds. The second-order valence-electron chi connectivity index (χ2n) is 10.0. The van der Waals surface area contributed by atoms with E-state index in [0.717, 1.165) is 31.0 Å². The van der Waals surface area contributed by atoms with Gasteiger partial charge in [-0.05, 0) is 56.0 Å². The molecule has 0 aliphatic carbocycles. The van der Waals surface area contributed by atoms with Crippen LogP contribution in [0.3, 0.4) is 0 Å². The molecular formula is C28H32F5N5O6. The monoisotopic (exact) mass is 629 g/mol. The quantitative estimate of drug-likeness (QED) is 0.0973. The molecule has 1 fully saturated rings. The number of hydroxylamine groups is 1. The largest absolute Gasteiger partial charge is 0.573 e. The second-order valence-corrected chi connectivity index (χ2v) is 10.0. The van der Waals surface area contributed by atoms with Gasteiger partial charge < -0.3 is 25.6 Å². The number of likely N-dealkylation sites (tertiary alicyclic amines) is 1. The van der Waals surface area contributed by atoms with Crippen molar-refractivity contribution in [3.8, 4) is 5.75 Å². The van der Waals surface area contributed by atoms with Crippen LogP contribution in [0.5, 0.6) is 5.75 Å². The maximum atomic E-state index is 14.8. The zero-order chi connectivity index (χ0) is 32.3. The lowest BCUT2D eigenvalue weighted by Gasteiger charge is -2.32. The molecule has 0 spiro atoms. The van der Waals surface area contributed by atoms with Gasteiger partial charge in [0.2, 0.25) is 11.8 Å². The van der Waals surface area contributed by atoms with Gasteiger partial charge in [0.15, 0.2) is 11.6 Å².